The first-order valence-electron chi connectivity index (χ1n) is 6.38. The summed E-state index contributed by atoms with van der Waals surface area (Å²) in [5, 5.41) is 4.15. The highest BCUT2D eigenvalue weighted by Gasteiger charge is 2.42. The van der Waals surface area contributed by atoms with Crippen molar-refractivity contribution in [3.8, 4) is 0 Å². The van der Waals surface area contributed by atoms with Gasteiger partial charge in [-0.2, -0.15) is 0 Å². The summed E-state index contributed by atoms with van der Waals surface area (Å²) in [6.45, 7) is 3.91. The van der Waals surface area contributed by atoms with Crippen molar-refractivity contribution in [1.29, 1.82) is 0 Å². The van der Waals surface area contributed by atoms with E-state index >= 15 is 0 Å². The van der Waals surface area contributed by atoms with E-state index in [0.717, 1.165) is 12.8 Å². The van der Waals surface area contributed by atoms with Crippen LogP contribution in [0.15, 0.2) is 18.2 Å². The topological polar surface area (TPSA) is 38.3 Å². The largest absolute Gasteiger partial charge is 0.464 e. The van der Waals surface area contributed by atoms with E-state index in [1.165, 1.54) is 0 Å². The second-order valence-corrected chi connectivity index (χ2v) is 5.65. The molecule has 1 aliphatic carbocycles. The Balaban J connectivity index is 2.40. The molecular weight excluding hydrogens is 285 g/mol. The zero-order valence-electron chi connectivity index (χ0n) is 11.0. The van der Waals surface area contributed by atoms with Crippen LogP contribution in [-0.2, 0) is 15.1 Å². The second-order valence-electron chi connectivity index (χ2n) is 4.87. The Morgan fingerprint density at radius 1 is 1.47 bits per heavy atom. The monoisotopic (exact) mass is 301 g/mol. The molecule has 0 radical (unpaired) electrons. The van der Waals surface area contributed by atoms with E-state index in [0.29, 0.717) is 28.3 Å². The van der Waals surface area contributed by atoms with Gasteiger partial charge in [-0.15, -0.1) is 0 Å². The van der Waals surface area contributed by atoms with Crippen molar-refractivity contribution in [3.05, 3.63) is 33.8 Å². The molecular formula is C14H17Cl2NO2. The summed E-state index contributed by atoms with van der Waals surface area (Å²) >= 11 is 12.3. The summed E-state index contributed by atoms with van der Waals surface area (Å²) in [6, 6.07) is 5.64. The molecule has 1 atom stereocenters. The van der Waals surface area contributed by atoms with Crippen molar-refractivity contribution in [2.75, 3.05) is 6.61 Å². The van der Waals surface area contributed by atoms with Crippen molar-refractivity contribution >= 4 is 29.2 Å². The summed E-state index contributed by atoms with van der Waals surface area (Å²) in [5.41, 5.74) is -0.300. The smallest absolute Gasteiger partial charge is 0.330 e. The predicted octanol–water partition coefficient (Wildman–Crippen LogP) is 3.52. The molecule has 1 saturated carbocycles. The number of rotatable bonds is 5. The van der Waals surface area contributed by atoms with Crippen LogP contribution in [0, 0.1) is 0 Å². The Hall–Kier alpha value is -0.770. The maximum absolute atomic E-state index is 12.3. The summed E-state index contributed by atoms with van der Waals surface area (Å²) in [6.07, 6.45) is 2.13. The van der Waals surface area contributed by atoms with Crippen LogP contribution in [0.2, 0.25) is 10.0 Å². The lowest BCUT2D eigenvalue weighted by atomic mass is 9.91. The fourth-order valence-corrected chi connectivity index (χ4v) is 2.54. The number of hydrogen-bond donors (Lipinski definition) is 1. The maximum atomic E-state index is 12.3. The lowest BCUT2D eigenvalue weighted by Crippen LogP contribution is -2.49. The molecule has 1 aromatic rings. The average Bonchev–Trinajstić information content (AvgIpc) is 3.16. The van der Waals surface area contributed by atoms with Crippen molar-refractivity contribution in [1.82, 2.24) is 5.32 Å². The fraction of sp³-hybridized carbons (Fsp3) is 0.500. The SMILES string of the molecule is CCOC(=O)C(C)(NC1CC1)c1cccc(Cl)c1Cl. The van der Waals surface area contributed by atoms with Crippen LogP contribution in [0.5, 0.6) is 0 Å². The molecule has 0 spiro atoms. The number of esters is 1. The molecule has 0 saturated heterocycles. The molecule has 3 nitrogen and oxygen atoms in total. The zero-order chi connectivity index (χ0) is 14.0. The fourth-order valence-electron chi connectivity index (χ4n) is 2.05. The lowest BCUT2D eigenvalue weighted by Gasteiger charge is -2.30. The summed E-state index contributed by atoms with van der Waals surface area (Å²) < 4.78 is 5.18. The number of carbonyl (C=O) groups is 1. The zero-order valence-corrected chi connectivity index (χ0v) is 12.5. The van der Waals surface area contributed by atoms with Gasteiger partial charge in [-0.3, -0.25) is 5.32 Å². The molecule has 19 heavy (non-hydrogen) atoms. The normalized spacial score (nSPS) is 17.9. The molecule has 5 heteroatoms. The van der Waals surface area contributed by atoms with E-state index < -0.39 is 5.54 Å². The van der Waals surface area contributed by atoms with Crippen molar-refractivity contribution in [2.24, 2.45) is 0 Å². The average molecular weight is 302 g/mol. The minimum atomic E-state index is -0.959. The van der Waals surface area contributed by atoms with Crippen LogP contribution in [0.25, 0.3) is 0 Å². The van der Waals surface area contributed by atoms with Gasteiger partial charge in [0.05, 0.1) is 16.7 Å². The summed E-state index contributed by atoms with van der Waals surface area (Å²) in [5.74, 6) is -0.328. The van der Waals surface area contributed by atoms with Gasteiger partial charge in [-0.25, -0.2) is 4.79 Å². The molecule has 0 heterocycles. The third-order valence-electron chi connectivity index (χ3n) is 3.24. The molecule has 104 valence electrons. The van der Waals surface area contributed by atoms with Crippen molar-refractivity contribution < 1.29 is 9.53 Å². The molecule has 0 aliphatic heterocycles. The third kappa shape index (κ3) is 3.04. The molecule has 0 aromatic heterocycles. The standard InChI is InChI=1S/C14H17Cl2NO2/c1-3-19-13(18)14(2,17-9-7-8-9)10-5-4-6-11(15)12(10)16/h4-6,9,17H,3,7-8H2,1-2H3. The number of benzene rings is 1. The quantitative estimate of drug-likeness (QED) is 0.846. The van der Waals surface area contributed by atoms with E-state index in [1.807, 2.05) is 0 Å². The van der Waals surface area contributed by atoms with Crippen LogP contribution in [0.3, 0.4) is 0 Å². The second kappa shape index (κ2) is 5.70. The molecule has 2 rings (SSSR count). The van der Waals surface area contributed by atoms with E-state index in [4.69, 9.17) is 27.9 Å². The summed E-state index contributed by atoms with van der Waals surface area (Å²) in [4.78, 5) is 12.3. The van der Waals surface area contributed by atoms with Crippen molar-refractivity contribution in [2.45, 2.75) is 38.3 Å². The number of carbonyl (C=O) groups excluding carboxylic acids is 1. The van der Waals surface area contributed by atoms with Gasteiger partial charge in [0, 0.05) is 11.6 Å². The van der Waals surface area contributed by atoms with E-state index in [2.05, 4.69) is 5.32 Å². The third-order valence-corrected chi connectivity index (χ3v) is 4.06. The highest BCUT2D eigenvalue weighted by molar-refractivity contribution is 6.42. The van der Waals surface area contributed by atoms with Crippen LogP contribution in [0.1, 0.15) is 32.3 Å². The highest BCUT2D eigenvalue weighted by atomic mass is 35.5. The van der Waals surface area contributed by atoms with Crippen LogP contribution in [0.4, 0.5) is 0 Å². The first kappa shape index (κ1) is 14.6. The number of nitrogens with one attached hydrogen (secondary N) is 1. The number of hydrogen-bond acceptors (Lipinski definition) is 3. The molecule has 1 aromatic carbocycles. The van der Waals surface area contributed by atoms with Gasteiger partial charge in [-0.1, -0.05) is 35.3 Å². The molecule has 1 fully saturated rings. The Kier molecular flexibility index (Phi) is 4.39. The summed E-state index contributed by atoms with van der Waals surface area (Å²) in [7, 11) is 0. The molecule has 0 amide bonds. The van der Waals surface area contributed by atoms with Gasteiger partial charge in [0.1, 0.15) is 5.54 Å². The van der Waals surface area contributed by atoms with Gasteiger partial charge >= 0.3 is 5.97 Å². The first-order valence-corrected chi connectivity index (χ1v) is 7.14. The Morgan fingerprint density at radius 3 is 2.74 bits per heavy atom. The number of ether oxygens (including phenoxy) is 1. The van der Waals surface area contributed by atoms with Crippen LogP contribution >= 0.6 is 23.2 Å². The minimum absolute atomic E-state index is 0.328. The Bertz CT molecular complexity index is 488. The number of halogens is 2. The highest BCUT2D eigenvalue weighted by Crippen LogP contribution is 2.36. The molecule has 1 aliphatic rings. The maximum Gasteiger partial charge on any atom is 0.330 e. The molecule has 0 bridgehead atoms. The van der Waals surface area contributed by atoms with E-state index in [9.17, 15) is 4.79 Å². The van der Waals surface area contributed by atoms with Gasteiger partial charge in [0.15, 0.2) is 0 Å². The Morgan fingerprint density at radius 2 is 2.16 bits per heavy atom. The lowest BCUT2D eigenvalue weighted by molar-refractivity contribution is -0.151. The molecule has 1 N–H and O–H groups in total. The van der Waals surface area contributed by atoms with E-state index in [-0.39, 0.29) is 5.97 Å². The minimum Gasteiger partial charge on any atom is -0.464 e. The van der Waals surface area contributed by atoms with E-state index in [1.54, 1.807) is 32.0 Å². The first-order chi connectivity index (χ1) is 8.99. The van der Waals surface area contributed by atoms with Crippen LogP contribution in [-0.4, -0.2) is 18.6 Å². The van der Waals surface area contributed by atoms with Gasteiger partial charge in [-0.05, 0) is 32.8 Å². The van der Waals surface area contributed by atoms with Gasteiger partial charge < -0.3 is 4.74 Å². The van der Waals surface area contributed by atoms with Crippen molar-refractivity contribution in [3.63, 3.8) is 0 Å². The molecule has 1 unspecified atom stereocenters. The van der Waals surface area contributed by atoms with Crippen LogP contribution < -0.4 is 5.32 Å². The van der Waals surface area contributed by atoms with Gasteiger partial charge in [0.2, 0.25) is 0 Å². The van der Waals surface area contributed by atoms with Gasteiger partial charge in [0.25, 0.3) is 0 Å². The Labute approximate surface area is 123 Å². The predicted molar refractivity (Wildman–Crippen MR) is 76.6 cm³/mol.